The highest BCUT2D eigenvalue weighted by molar-refractivity contribution is 5.94. The van der Waals surface area contributed by atoms with Crippen molar-refractivity contribution in [2.75, 3.05) is 0 Å². The SMILES string of the molecule is CCc1cccc(COc2ccc(C(C)=O)c(F)c2)c1. The zero-order valence-electron chi connectivity index (χ0n) is 11.7. The molecule has 104 valence electrons. The van der Waals surface area contributed by atoms with Gasteiger partial charge in [-0.25, -0.2) is 4.39 Å². The van der Waals surface area contributed by atoms with E-state index in [0.717, 1.165) is 12.0 Å². The van der Waals surface area contributed by atoms with E-state index in [1.54, 1.807) is 6.07 Å². The van der Waals surface area contributed by atoms with Crippen molar-refractivity contribution < 1.29 is 13.9 Å². The molecule has 0 unspecified atom stereocenters. The summed E-state index contributed by atoms with van der Waals surface area (Å²) in [4.78, 5) is 11.1. The van der Waals surface area contributed by atoms with Gasteiger partial charge in [-0.1, -0.05) is 31.2 Å². The number of ketones is 1. The van der Waals surface area contributed by atoms with Crippen molar-refractivity contribution in [2.24, 2.45) is 0 Å². The zero-order valence-corrected chi connectivity index (χ0v) is 11.7. The summed E-state index contributed by atoms with van der Waals surface area (Å²) in [6.45, 7) is 3.82. The van der Waals surface area contributed by atoms with Gasteiger partial charge in [-0.05, 0) is 36.6 Å². The van der Waals surface area contributed by atoms with Gasteiger partial charge in [0.05, 0.1) is 5.56 Å². The van der Waals surface area contributed by atoms with Crippen molar-refractivity contribution in [3.05, 3.63) is 65.0 Å². The number of hydrogen-bond acceptors (Lipinski definition) is 2. The third-order valence-electron chi connectivity index (χ3n) is 3.12. The number of benzene rings is 2. The molecule has 0 spiro atoms. The summed E-state index contributed by atoms with van der Waals surface area (Å²) >= 11 is 0. The fourth-order valence-corrected chi connectivity index (χ4v) is 1.98. The van der Waals surface area contributed by atoms with Crippen LogP contribution in [0.3, 0.4) is 0 Å². The second kappa shape index (κ2) is 6.33. The van der Waals surface area contributed by atoms with E-state index in [9.17, 15) is 9.18 Å². The molecule has 2 nitrogen and oxygen atoms in total. The van der Waals surface area contributed by atoms with Gasteiger partial charge in [0, 0.05) is 6.07 Å². The van der Waals surface area contributed by atoms with Crippen molar-refractivity contribution in [2.45, 2.75) is 26.9 Å². The molecule has 0 amide bonds. The zero-order chi connectivity index (χ0) is 14.5. The maximum atomic E-state index is 13.6. The molecule has 0 aliphatic rings. The third-order valence-corrected chi connectivity index (χ3v) is 3.12. The maximum absolute atomic E-state index is 13.6. The average molecular weight is 272 g/mol. The lowest BCUT2D eigenvalue weighted by Gasteiger charge is -2.08. The number of rotatable bonds is 5. The number of carbonyl (C=O) groups excluding carboxylic acids is 1. The van der Waals surface area contributed by atoms with Crippen molar-refractivity contribution in [3.63, 3.8) is 0 Å². The Morgan fingerprint density at radius 2 is 1.90 bits per heavy atom. The molecule has 0 N–H and O–H groups in total. The monoisotopic (exact) mass is 272 g/mol. The van der Waals surface area contributed by atoms with Gasteiger partial charge in [0.2, 0.25) is 0 Å². The van der Waals surface area contributed by atoms with Crippen LogP contribution in [0.25, 0.3) is 0 Å². The Morgan fingerprint density at radius 3 is 2.55 bits per heavy atom. The van der Waals surface area contributed by atoms with Gasteiger partial charge in [0.1, 0.15) is 18.2 Å². The van der Waals surface area contributed by atoms with Crippen molar-refractivity contribution in [1.29, 1.82) is 0 Å². The molecule has 2 rings (SSSR count). The van der Waals surface area contributed by atoms with Crippen LogP contribution in [0.15, 0.2) is 42.5 Å². The Bertz CT molecular complexity index is 620. The molecule has 0 fully saturated rings. The smallest absolute Gasteiger partial charge is 0.162 e. The van der Waals surface area contributed by atoms with E-state index in [2.05, 4.69) is 19.1 Å². The maximum Gasteiger partial charge on any atom is 0.162 e. The van der Waals surface area contributed by atoms with E-state index >= 15 is 0 Å². The molecular weight excluding hydrogens is 255 g/mol. The fourth-order valence-electron chi connectivity index (χ4n) is 1.98. The van der Waals surface area contributed by atoms with E-state index in [1.165, 1.54) is 24.6 Å². The van der Waals surface area contributed by atoms with E-state index in [-0.39, 0.29) is 11.3 Å². The Labute approximate surface area is 118 Å². The molecule has 2 aromatic carbocycles. The van der Waals surface area contributed by atoms with E-state index in [0.29, 0.717) is 12.4 Å². The van der Waals surface area contributed by atoms with Crippen molar-refractivity contribution in [1.82, 2.24) is 0 Å². The van der Waals surface area contributed by atoms with Crippen LogP contribution in [-0.4, -0.2) is 5.78 Å². The largest absolute Gasteiger partial charge is 0.489 e. The predicted molar refractivity (Wildman–Crippen MR) is 76.6 cm³/mol. The van der Waals surface area contributed by atoms with Gasteiger partial charge in [0.25, 0.3) is 0 Å². The van der Waals surface area contributed by atoms with Gasteiger partial charge in [-0.3, -0.25) is 4.79 Å². The van der Waals surface area contributed by atoms with Gasteiger partial charge >= 0.3 is 0 Å². The lowest BCUT2D eigenvalue weighted by Crippen LogP contribution is -2.00. The van der Waals surface area contributed by atoms with E-state index in [4.69, 9.17) is 4.74 Å². The van der Waals surface area contributed by atoms with Crippen LogP contribution in [0.1, 0.15) is 35.3 Å². The second-order valence-electron chi connectivity index (χ2n) is 4.66. The minimum atomic E-state index is -0.544. The minimum absolute atomic E-state index is 0.0883. The molecule has 3 heteroatoms. The summed E-state index contributed by atoms with van der Waals surface area (Å²) in [5.41, 5.74) is 2.37. The Kier molecular flexibility index (Phi) is 4.51. The Hall–Kier alpha value is -2.16. The number of aryl methyl sites for hydroxylation is 1. The summed E-state index contributed by atoms with van der Waals surface area (Å²) in [6.07, 6.45) is 0.968. The minimum Gasteiger partial charge on any atom is -0.489 e. The lowest BCUT2D eigenvalue weighted by molar-refractivity contribution is 0.101. The van der Waals surface area contributed by atoms with E-state index in [1.807, 2.05) is 12.1 Å². The molecule has 0 aliphatic heterocycles. The van der Waals surface area contributed by atoms with Crippen LogP contribution >= 0.6 is 0 Å². The van der Waals surface area contributed by atoms with Gasteiger partial charge in [0.15, 0.2) is 5.78 Å². The fraction of sp³-hybridized carbons (Fsp3) is 0.235. The second-order valence-corrected chi connectivity index (χ2v) is 4.66. The topological polar surface area (TPSA) is 26.3 Å². The Balaban J connectivity index is 2.07. The van der Waals surface area contributed by atoms with Crippen molar-refractivity contribution in [3.8, 4) is 5.75 Å². The first-order valence-electron chi connectivity index (χ1n) is 6.61. The van der Waals surface area contributed by atoms with Crippen LogP contribution in [0.2, 0.25) is 0 Å². The molecule has 20 heavy (non-hydrogen) atoms. The van der Waals surface area contributed by atoms with E-state index < -0.39 is 5.82 Å². The average Bonchev–Trinajstić information content (AvgIpc) is 2.45. The number of Topliss-reactive ketones (excluding diaryl/α,β-unsaturated/α-hetero) is 1. The number of carbonyl (C=O) groups is 1. The molecular formula is C17H17FO2. The first-order chi connectivity index (χ1) is 9.60. The molecule has 0 atom stereocenters. The molecule has 0 radical (unpaired) electrons. The van der Waals surface area contributed by atoms with Crippen LogP contribution in [0.4, 0.5) is 4.39 Å². The normalized spacial score (nSPS) is 10.3. The first-order valence-corrected chi connectivity index (χ1v) is 6.61. The quantitative estimate of drug-likeness (QED) is 0.764. The number of ether oxygens (including phenoxy) is 1. The lowest BCUT2D eigenvalue weighted by atomic mass is 10.1. The summed E-state index contributed by atoms with van der Waals surface area (Å²) in [6, 6.07) is 12.4. The number of halogens is 1. The summed E-state index contributed by atoms with van der Waals surface area (Å²) in [7, 11) is 0. The van der Waals surface area contributed by atoms with Crippen LogP contribution in [-0.2, 0) is 13.0 Å². The van der Waals surface area contributed by atoms with Crippen LogP contribution in [0, 0.1) is 5.82 Å². The standard InChI is InChI=1S/C17H17FO2/c1-3-13-5-4-6-14(9-13)11-20-15-7-8-16(12(2)19)17(18)10-15/h4-10H,3,11H2,1-2H3. The summed E-state index contributed by atoms with van der Waals surface area (Å²) in [5.74, 6) is -0.406. The molecule has 0 aliphatic carbocycles. The first kappa shape index (κ1) is 14.3. The van der Waals surface area contributed by atoms with Gasteiger partial charge in [-0.15, -0.1) is 0 Å². The van der Waals surface area contributed by atoms with Gasteiger partial charge < -0.3 is 4.74 Å². The van der Waals surface area contributed by atoms with Crippen LogP contribution in [0.5, 0.6) is 5.75 Å². The highest BCUT2D eigenvalue weighted by Crippen LogP contribution is 2.18. The molecule has 0 saturated carbocycles. The summed E-state index contributed by atoms with van der Waals surface area (Å²) < 4.78 is 19.2. The highest BCUT2D eigenvalue weighted by Gasteiger charge is 2.08. The predicted octanol–water partition coefficient (Wildman–Crippen LogP) is 4.17. The number of hydrogen-bond donors (Lipinski definition) is 0. The Morgan fingerprint density at radius 1 is 1.15 bits per heavy atom. The molecule has 2 aromatic rings. The molecule has 0 bridgehead atoms. The molecule has 0 aromatic heterocycles. The summed E-state index contributed by atoms with van der Waals surface area (Å²) in [5, 5.41) is 0. The van der Waals surface area contributed by atoms with Crippen LogP contribution < -0.4 is 4.74 Å². The van der Waals surface area contributed by atoms with Crippen molar-refractivity contribution >= 4 is 5.78 Å². The molecule has 0 saturated heterocycles. The highest BCUT2D eigenvalue weighted by atomic mass is 19.1. The van der Waals surface area contributed by atoms with Gasteiger partial charge in [-0.2, -0.15) is 0 Å². The molecule has 0 heterocycles. The third kappa shape index (κ3) is 3.44.